The number of aliphatic hydroxyl groups is 1. The second kappa shape index (κ2) is 8.11. The van der Waals surface area contributed by atoms with Gasteiger partial charge >= 0.3 is 0 Å². The van der Waals surface area contributed by atoms with E-state index in [0.717, 1.165) is 31.6 Å². The highest BCUT2D eigenvalue weighted by atomic mass is 16.3. The molecule has 1 unspecified atom stereocenters. The summed E-state index contributed by atoms with van der Waals surface area (Å²) in [7, 11) is 0. The summed E-state index contributed by atoms with van der Waals surface area (Å²) in [5.74, 6) is 0. The van der Waals surface area contributed by atoms with Crippen LogP contribution in [0.4, 0.5) is 0 Å². The van der Waals surface area contributed by atoms with Crippen molar-refractivity contribution in [2.24, 2.45) is 0 Å². The smallest absolute Gasteiger partial charge is 0.0662 e. The molecule has 4 nitrogen and oxygen atoms in total. The van der Waals surface area contributed by atoms with Crippen LogP contribution < -0.4 is 5.32 Å². The minimum Gasteiger partial charge on any atom is -0.396 e. The van der Waals surface area contributed by atoms with Crippen molar-refractivity contribution in [3.05, 3.63) is 52.8 Å². The fraction of sp³-hybridized carbons (Fsp3) is 0.500. The first-order valence-electron chi connectivity index (χ1n) is 8.06. The Bertz CT molecular complexity index is 578. The van der Waals surface area contributed by atoms with Crippen molar-refractivity contribution < 1.29 is 5.11 Å². The number of nitrogens with zero attached hydrogens (tertiary/aromatic N) is 2. The molecule has 0 aliphatic rings. The molecule has 2 N–H and O–H groups in total. The normalized spacial score (nSPS) is 12.5. The van der Waals surface area contributed by atoms with Crippen LogP contribution in [0.1, 0.15) is 42.3 Å². The van der Waals surface area contributed by atoms with E-state index in [1.54, 1.807) is 0 Å². The van der Waals surface area contributed by atoms with Crippen LogP contribution in [-0.2, 0) is 13.1 Å². The molecule has 1 aromatic carbocycles. The molecule has 0 saturated carbocycles. The van der Waals surface area contributed by atoms with Gasteiger partial charge in [-0.25, -0.2) is 0 Å². The summed E-state index contributed by atoms with van der Waals surface area (Å²) in [4.78, 5) is 0. The van der Waals surface area contributed by atoms with Crippen molar-refractivity contribution in [2.45, 2.75) is 52.7 Å². The summed E-state index contributed by atoms with van der Waals surface area (Å²) < 4.78 is 2.08. The summed E-state index contributed by atoms with van der Waals surface area (Å²) in [6.45, 7) is 8.19. The summed E-state index contributed by atoms with van der Waals surface area (Å²) in [6.07, 6.45) is 1.82. The third-order valence-corrected chi connectivity index (χ3v) is 4.24. The van der Waals surface area contributed by atoms with E-state index in [1.807, 2.05) is 6.07 Å². The van der Waals surface area contributed by atoms with Crippen molar-refractivity contribution in [1.82, 2.24) is 15.1 Å². The van der Waals surface area contributed by atoms with Gasteiger partial charge in [0.2, 0.25) is 0 Å². The number of aryl methyl sites for hydroxylation is 1. The zero-order chi connectivity index (χ0) is 15.9. The van der Waals surface area contributed by atoms with Gasteiger partial charge in [0.1, 0.15) is 0 Å². The molecule has 0 radical (unpaired) electrons. The van der Waals surface area contributed by atoms with E-state index in [-0.39, 0.29) is 6.61 Å². The highest BCUT2D eigenvalue weighted by Crippen LogP contribution is 2.15. The minimum absolute atomic E-state index is 0.233. The molecule has 0 amide bonds. The van der Waals surface area contributed by atoms with Crippen LogP contribution in [0, 0.1) is 13.8 Å². The SMILES string of the molecule is CCC(CCO)NCc1c(C)nn(Cc2ccccc2)c1C. The molecule has 1 heterocycles. The summed E-state index contributed by atoms with van der Waals surface area (Å²) in [5, 5.41) is 17.3. The Hall–Kier alpha value is -1.65. The maximum Gasteiger partial charge on any atom is 0.0662 e. The molecule has 0 aliphatic heterocycles. The molecule has 1 atom stereocenters. The average molecular weight is 301 g/mol. The Labute approximate surface area is 133 Å². The van der Waals surface area contributed by atoms with Gasteiger partial charge in [-0.1, -0.05) is 37.3 Å². The van der Waals surface area contributed by atoms with Crippen molar-refractivity contribution in [3.8, 4) is 0 Å². The number of hydrogen-bond donors (Lipinski definition) is 2. The largest absolute Gasteiger partial charge is 0.396 e. The Morgan fingerprint density at radius 2 is 1.95 bits per heavy atom. The van der Waals surface area contributed by atoms with Crippen molar-refractivity contribution >= 4 is 0 Å². The molecule has 2 rings (SSSR count). The van der Waals surface area contributed by atoms with Crippen LogP contribution in [0.5, 0.6) is 0 Å². The van der Waals surface area contributed by atoms with E-state index in [4.69, 9.17) is 5.11 Å². The van der Waals surface area contributed by atoms with Crippen molar-refractivity contribution in [3.63, 3.8) is 0 Å². The number of aliphatic hydroxyl groups excluding tert-OH is 1. The van der Waals surface area contributed by atoms with Gasteiger partial charge in [0, 0.05) is 30.5 Å². The Morgan fingerprint density at radius 1 is 1.23 bits per heavy atom. The zero-order valence-electron chi connectivity index (χ0n) is 13.8. The first-order valence-corrected chi connectivity index (χ1v) is 8.06. The van der Waals surface area contributed by atoms with Crippen molar-refractivity contribution in [1.29, 1.82) is 0 Å². The van der Waals surface area contributed by atoms with Gasteiger partial charge in [0.05, 0.1) is 12.2 Å². The lowest BCUT2D eigenvalue weighted by Crippen LogP contribution is -2.29. The Morgan fingerprint density at radius 3 is 2.59 bits per heavy atom. The topological polar surface area (TPSA) is 50.1 Å². The molecule has 4 heteroatoms. The fourth-order valence-corrected chi connectivity index (χ4v) is 2.75. The van der Waals surface area contributed by atoms with E-state index in [9.17, 15) is 0 Å². The average Bonchev–Trinajstić information content (AvgIpc) is 2.79. The lowest BCUT2D eigenvalue weighted by Gasteiger charge is -2.15. The zero-order valence-corrected chi connectivity index (χ0v) is 13.8. The second-order valence-electron chi connectivity index (χ2n) is 5.79. The molecule has 0 saturated heterocycles. The predicted molar refractivity (Wildman–Crippen MR) is 89.9 cm³/mol. The maximum absolute atomic E-state index is 9.09. The van der Waals surface area contributed by atoms with E-state index in [2.05, 4.69) is 60.1 Å². The highest BCUT2D eigenvalue weighted by molar-refractivity contribution is 5.26. The summed E-state index contributed by atoms with van der Waals surface area (Å²) >= 11 is 0. The van der Waals surface area contributed by atoms with Crippen molar-refractivity contribution in [2.75, 3.05) is 6.61 Å². The van der Waals surface area contributed by atoms with Gasteiger partial charge < -0.3 is 10.4 Å². The second-order valence-corrected chi connectivity index (χ2v) is 5.79. The van der Waals surface area contributed by atoms with Crippen LogP contribution in [0.2, 0.25) is 0 Å². The monoisotopic (exact) mass is 301 g/mol. The summed E-state index contributed by atoms with van der Waals surface area (Å²) in [6, 6.07) is 10.8. The molecule has 0 spiro atoms. The number of nitrogens with one attached hydrogen (secondary N) is 1. The Kier molecular flexibility index (Phi) is 6.16. The Balaban J connectivity index is 2.07. The summed E-state index contributed by atoms with van der Waals surface area (Å²) in [5.41, 5.74) is 4.83. The molecule has 0 aliphatic carbocycles. The van der Waals surface area contributed by atoms with Gasteiger partial charge in [0.25, 0.3) is 0 Å². The van der Waals surface area contributed by atoms with Crippen LogP contribution in [0.3, 0.4) is 0 Å². The maximum atomic E-state index is 9.09. The highest BCUT2D eigenvalue weighted by Gasteiger charge is 2.13. The molecular formula is C18H27N3O. The molecule has 0 bridgehead atoms. The van der Waals surface area contributed by atoms with Gasteiger partial charge in [-0.05, 0) is 32.3 Å². The van der Waals surface area contributed by atoms with Gasteiger partial charge in [-0.15, -0.1) is 0 Å². The van der Waals surface area contributed by atoms with E-state index >= 15 is 0 Å². The third kappa shape index (κ3) is 4.18. The molecule has 2 aromatic rings. The van der Waals surface area contributed by atoms with Crippen LogP contribution >= 0.6 is 0 Å². The predicted octanol–water partition coefficient (Wildman–Crippen LogP) is 2.80. The molecule has 0 fully saturated rings. The lowest BCUT2D eigenvalue weighted by molar-refractivity contribution is 0.262. The number of aromatic nitrogens is 2. The quantitative estimate of drug-likeness (QED) is 0.788. The van der Waals surface area contributed by atoms with Crippen LogP contribution in [0.15, 0.2) is 30.3 Å². The van der Waals surface area contributed by atoms with Gasteiger partial charge in [-0.3, -0.25) is 4.68 Å². The molecule has 120 valence electrons. The molecule has 1 aromatic heterocycles. The van der Waals surface area contributed by atoms with E-state index in [0.29, 0.717) is 6.04 Å². The number of benzene rings is 1. The fourth-order valence-electron chi connectivity index (χ4n) is 2.75. The number of rotatable bonds is 8. The minimum atomic E-state index is 0.233. The standard InChI is InChI=1S/C18H27N3O/c1-4-17(10-11-22)19-12-18-14(2)20-21(15(18)3)13-16-8-6-5-7-9-16/h5-9,17,19,22H,4,10-13H2,1-3H3. The van der Waals surface area contributed by atoms with Crippen LogP contribution in [0.25, 0.3) is 0 Å². The van der Waals surface area contributed by atoms with Gasteiger partial charge in [0.15, 0.2) is 0 Å². The third-order valence-electron chi connectivity index (χ3n) is 4.24. The molecular weight excluding hydrogens is 274 g/mol. The first-order chi connectivity index (χ1) is 10.7. The van der Waals surface area contributed by atoms with Gasteiger partial charge in [-0.2, -0.15) is 5.10 Å². The first kappa shape index (κ1) is 16.7. The van der Waals surface area contributed by atoms with E-state index < -0.39 is 0 Å². The van der Waals surface area contributed by atoms with E-state index in [1.165, 1.54) is 16.8 Å². The molecule has 22 heavy (non-hydrogen) atoms. The lowest BCUT2D eigenvalue weighted by atomic mass is 10.1. The number of hydrogen-bond acceptors (Lipinski definition) is 3. The van der Waals surface area contributed by atoms with Crippen LogP contribution in [-0.4, -0.2) is 27.5 Å².